The highest BCUT2D eigenvalue weighted by molar-refractivity contribution is 6.30. The lowest BCUT2D eigenvalue weighted by Gasteiger charge is -2.31. The van der Waals surface area contributed by atoms with Gasteiger partial charge in [0.25, 0.3) is 0 Å². The van der Waals surface area contributed by atoms with Crippen molar-refractivity contribution in [2.75, 3.05) is 13.1 Å². The zero-order chi connectivity index (χ0) is 10.3. The van der Waals surface area contributed by atoms with Gasteiger partial charge >= 0.3 is 0 Å². The summed E-state index contributed by atoms with van der Waals surface area (Å²) in [5.41, 5.74) is 1.59. The zero-order valence-electron chi connectivity index (χ0n) is 8.29. The van der Waals surface area contributed by atoms with Crippen LogP contribution in [0.4, 0.5) is 0 Å². The summed E-state index contributed by atoms with van der Waals surface area (Å²) in [7, 11) is 1.78. The van der Waals surface area contributed by atoms with Crippen molar-refractivity contribution in [3.63, 3.8) is 0 Å². The van der Waals surface area contributed by atoms with Crippen LogP contribution in [-0.4, -0.2) is 28.0 Å². The van der Waals surface area contributed by atoms with Crippen molar-refractivity contribution >= 4 is 11.6 Å². The van der Waals surface area contributed by atoms with E-state index < -0.39 is 6.10 Å². The maximum Gasteiger partial charge on any atom is 0.132 e. The normalized spacial score (nSPS) is 19.4. The number of aliphatic hydroxyl groups excluding tert-OH is 1. The Morgan fingerprint density at radius 3 is 2.64 bits per heavy atom. The minimum absolute atomic E-state index is 0.274. The number of halogens is 1. The number of hydrogen-bond donors (Lipinski definition) is 2. The molecule has 4 nitrogen and oxygen atoms in total. The van der Waals surface area contributed by atoms with Gasteiger partial charge in [-0.25, -0.2) is 0 Å². The fourth-order valence-electron chi connectivity index (χ4n) is 1.75. The van der Waals surface area contributed by atoms with Crippen LogP contribution in [-0.2, 0) is 7.05 Å². The molecule has 2 heterocycles. The molecule has 1 aliphatic rings. The van der Waals surface area contributed by atoms with Crippen LogP contribution < -0.4 is 5.32 Å². The number of nitrogens with zero attached hydrogens (tertiary/aromatic N) is 2. The molecule has 0 bridgehead atoms. The van der Waals surface area contributed by atoms with E-state index in [9.17, 15) is 5.11 Å². The summed E-state index contributed by atoms with van der Waals surface area (Å²) in [5.74, 6) is 0.274. The van der Waals surface area contributed by atoms with E-state index in [4.69, 9.17) is 11.6 Å². The van der Waals surface area contributed by atoms with Crippen LogP contribution in [0.2, 0.25) is 5.15 Å². The Kier molecular flexibility index (Phi) is 2.51. The molecule has 1 aromatic rings. The van der Waals surface area contributed by atoms with E-state index in [1.165, 1.54) is 0 Å². The molecule has 0 spiro atoms. The van der Waals surface area contributed by atoms with Gasteiger partial charge in [0.15, 0.2) is 0 Å². The summed E-state index contributed by atoms with van der Waals surface area (Å²) < 4.78 is 1.60. The average Bonchev–Trinajstić information content (AvgIpc) is 2.23. The van der Waals surface area contributed by atoms with Crippen molar-refractivity contribution in [2.45, 2.75) is 13.0 Å². The first kappa shape index (κ1) is 9.96. The lowest BCUT2D eigenvalue weighted by atomic mass is 9.91. The van der Waals surface area contributed by atoms with Crippen LogP contribution in [0.1, 0.15) is 17.4 Å². The van der Waals surface area contributed by atoms with Crippen molar-refractivity contribution in [2.24, 2.45) is 13.0 Å². The Balaban J connectivity index is 2.29. The molecular weight excluding hydrogens is 202 g/mol. The minimum Gasteiger partial charge on any atom is -0.388 e. The van der Waals surface area contributed by atoms with Crippen LogP contribution in [0.15, 0.2) is 0 Å². The molecule has 78 valence electrons. The van der Waals surface area contributed by atoms with Gasteiger partial charge in [0.2, 0.25) is 0 Å². The molecule has 1 atom stereocenters. The molecule has 2 rings (SSSR count). The quantitative estimate of drug-likeness (QED) is 0.761. The highest BCUT2D eigenvalue weighted by Gasteiger charge is 2.30. The monoisotopic (exact) mass is 215 g/mol. The number of nitrogens with one attached hydrogen (secondary N) is 1. The second-order valence-electron chi connectivity index (χ2n) is 3.78. The van der Waals surface area contributed by atoms with Crippen LogP contribution in [0, 0.1) is 12.8 Å². The van der Waals surface area contributed by atoms with Crippen molar-refractivity contribution in [1.29, 1.82) is 0 Å². The van der Waals surface area contributed by atoms with Gasteiger partial charge < -0.3 is 10.4 Å². The largest absolute Gasteiger partial charge is 0.388 e. The van der Waals surface area contributed by atoms with Crippen LogP contribution in [0.25, 0.3) is 0 Å². The molecule has 2 N–H and O–H groups in total. The van der Waals surface area contributed by atoms with Gasteiger partial charge in [0, 0.05) is 31.6 Å². The number of aryl methyl sites for hydroxylation is 2. The first-order chi connectivity index (χ1) is 6.61. The standard InChI is InChI=1S/C9H14ClN3O/c1-5-7(9(10)13(2)12-5)8(14)6-3-11-4-6/h6,8,11,14H,3-4H2,1-2H3. The Bertz CT molecular complexity index is 346. The summed E-state index contributed by atoms with van der Waals surface area (Å²) in [5, 5.41) is 17.9. The molecule has 1 aliphatic heterocycles. The van der Waals surface area contributed by atoms with Crippen molar-refractivity contribution in [1.82, 2.24) is 15.1 Å². The van der Waals surface area contributed by atoms with Gasteiger partial charge in [-0.05, 0) is 6.92 Å². The first-order valence-electron chi connectivity index (χ1n) is 4.69. The molecule has 1 saturated heterocycles. The predicted molar refractivity (Wildman–Crippen MR) is 54.3 cm³/mol. The zero-order valence-corrected chi connectivity index (χ0v) is 9.04. The second-order valence-corrected chi connectivity index (χ2v) is 4.13. The Morgan fingerprint density at radius 1 is 1.64 bits per heavy atom. The van der Waals surface area contributed by atoms with E-state index >= 15 is 0 Å². The van der Waals surface area contributed by atoms with Gasteiger partial charge in [0.05, 0.1) is 11.8 Å². The van der Waals surface area contributed by atoms with Gasteiger partial charge in [-0.1, -0.05) is 11.6 Å². The maximum absolute atomic E-state index is 10.0. The molecule has 14 heavy (non-hydrogen) atoms. The van der Waals surface area contributed by atoms with E-state index in [0.717, 1.165) is 24.3 Å². The molecular formula is C9H14ClN3O. The fourth-order valence-corrected chi connectivity index (χ4v) is 2.04. The third-order valence-corrected chi connectivity index (χ3v) is 3.20. The van der Waals surface area contributed by atoms with Crippen LogP contribution in [0.5, 0.6) is 0 Å². The summed E-state index contributed by atoms with van der Waals surface area (Å²) in [6.07, 6.45) is -0.488. The third-order valence-electron chi connectivity index (χ3n) is 2.75. The van der Waals surface area contributed by atoms with E-state index in [-0.39, 0.29) is 5.92 Å². The van der Waals surface area contributed by atoms with Gasteiger partial charge in [-0.15, -0.1) is 0 Å². The van der Waals surface area contributed by atoms with E-state index in [1.54, 1.807) is 11.7 Å². The van der Waals surface area contributed by atoms with Gasteiger partial charge in [-0.2, -0.15) is 5.10 Å². The Morgan fingerprint density at radius 2 is 2.29 bits per heavy atom. The van der Waals surface area contributed by atoms with Crippen LogP contribution in [0.3, 0.4) is 0 Å². The van der Waals surface area contributed by atoms with Crippen molar-refractivity contribution in [3.05, 3.63) is 16.4 Å². The van der Waals surface area contributed by atoms with Crippen LogP contribution >= 0.6 is 11.6 Å². The summed E-state index contributed by atoms with van der Waals surface area (Å²) in [6.45, 7) is 3.58. The SMILES string of the molecule is Cc1nn(C)c(Cl)c1C(O)C1CNC1. The molecule has 1 unspecified atom stereocenters. The van der Waals surface area contributed by atoms with Gasteiger partial charge in [-0.3, -0.25) is 4.68 Å². The maximum atomic E-state index is 10.0. The Hall–Kier alpha value is -0.580. The molecule has 1 aromatic heterocycles. The minimum atomic E-state index is -0.488. The lowest BCUT2D eigenvalue weighted by molar-refractivity contribution is 0.0762. The second kappa shape index (κ2) is 3.53. The number of aliphatic hydroxyl groups is 1. The number of hydrogen-bond acceptors (Lipinski definition) is 3. The highest BCUT2D eigenvalue weighted by atomic mass is 35.5. The highest BCUT2D eigenvalue weighted by Crippen LogP contribution is 2.32. The van der Waals surface area contributed by atoms with E-state index in [2.05, 4.69) is 10.4 Å². The van der Waals surface area contributed by atoms with Crippen molar-refractivity contribution < 1.29 is 5.11 Å². The topological polar surface area (TPSA) is 50.1 Å². The van der Waals surface area contributed by atoms with E-state index in [0.29, 0.717) is 5.15 Å². The molecule has 5 heteroatoms. The fraction of sp³-hybridized carbons (Fsp3) is 0.667. The summed E-state index contributed by atoms with van der Waals surface area (Å²) in [6, 6.07) is 0. The average molecular weight is 216 g/mol. The predicted octanol–water partition coefficient (Wildman–Crippen LogP) is 0.635. The number of aromatic nitrogens is 2. The molecule has 0 aromatic carbocycles. The molecule has 0 saturated carbocycles. The summed E-state index contributed by atoms with van der Waals surface area (Å²) in [4.78, 5) is 0. The molecule has 0 aliphatic carbocycles. The number of rotatable bonds is 2. The lowest BCUT2D eigenvalue weighted by Crippen LogP contribution is -2.45. The summed E-state index contributed by atoms with van der Waals surface area (Å²) >= 11 is 6.05. The molecule has 0 amide bonds. The van der Waals surface area contributed by atoms with Gasteiger partial charge in [0.1, 0.15) is 5.15 Å². The van der Waals surface area contributed by atoms with E-state index in [1.807, 2.05) is 6.92 Å². The molecule has 0 radical (unpaired) electrons. The smallest absolute Gasteiger partial charge is 0.132 e. The Labute approximate surface area is 87.9 Å². The first-order valence-corrected chi connectivity index (χ1v) is 5.07. The van der Waals surface area contributed by atoms with Crippen molar-refractivity contribution in [3.8, 4) is 0 Å². The third kappa shape index (κ3) is 1.43. The molecule has 1 fully saturated rings.